The minimum atomic E-state index is -0.623. The summed E-state index contributed by atoms with van der Waals surface area (Å²) < 4.78 is 15.4. The van der Waals surface area contributed by atoms with Crippen molar-refractivity contribution in [3.05, 3.63) is 75.0 Å². The van der Waals surface area contributed by atoms with Gasteiger partial charge in [0.05, 0.1) is 22.8 Å². The maximum atomic E-state index is 14.0. The Kier molecular flexibility index (Phi) is 6.23. The molecule has 1 aliphatic heterocycles. The van der Waals surface area contributed by atoms with Gasteiger partial charge in [0.2, 0.25) is 5.91 Å². The number of aromatic nitrogens is 2. The van der Waals surface area contributed by atoms with Gasteiger partial charge in [-0.3, -0.25) is 19.0 Å². The van der Waals surface area contributed by atoms with Crippen LogP contribution < -0.4 is 5.56 Å². The van der Waals surface area contributed by atoms with E-state index in [1.807, 2.05) is 19.1 Å². The number of piperazine rings is 1. The lowest BCUT2D eigenvalue weighted by atomic mass is 10.1. The molecule has 0 N–H and O–H groups in total. The van der Waals surface area contributed by atoms with E-state index in [1.165, 1.54) is 34.0 Å². The van der Waals surface area contributed by atoms with Crippen molar-refractivity contribution in [3.63, 3.8) is 0 Å². The molecule has 2 aromatic carbocycles. The van der Waals surface area contributed by atoms with Crippen molar-refractivity contribution in [2.45, 2.75) is 19.9 Å². The maximum absolute atomic E-state index is 14.0. The van der Waals surface area contributed by atoms with E-state index in [0.29, 0.717) is 37.1 Å². The summed E-state index contributed by atoms with van der Waals surface area (Å²) in [6.07, 6.45) is 1.62. The highest BCUT2D eigenvalue weighted by molar-refractivity contribution is 6.31. The molecule has 166 valence electrons. The molecule has 0 atom stereocenters. The molecule has 4 rings (SSSR count). The van der Waals surface area contributed by atoms with Crippen LogP contribution in [0.1, 0.15) is 22.3 Å². The highest BCUT2D eigenvalue weighted by Gasteiger charge is 2.26. The molecule has 0 bridgehead atoms. The first-order valence-corrected chi connectivity index (χ1v) is 10.7. The lowest BCUT2D eigenvalue weighted by Crippen LogP contribution is -2.50. The number of hydrogen-bond donors (Lipinski definition) is 0. The number of halogens is 2. The monoisotopic (exact) mass is 456 g/mol. The molecule has 1 fully saturated rings. The fourth-order valence-corrected chi connectivity index (χ4v) is 4.03. The van der Waals surface area contributed by atoms with Gasteiger partial charge in [0.15, 0.2) is 0 Å². The van der Waals surface area contributed by atoms with Crippen molar-refractivity contribution < 1.29 is 14.0 Å². The van der Waals surface area contributed by atoms with E-state index in [4.69, 9.17) is 11.6 Å². The molecule has 1 aliphatic rings. The predicted molar refractivity (Wildman–Crippen MR) is 119 cm³/mol. The molecular weight excluding hydrogens is 435 g/mol. The van der Waals surface area contributed by atoms with Gasteiger partial charge < -0.3 is 9.80 Å². The van der Waals surface area contributed by atoms with Crippen LogP contribution in [-0.2, 0) is 11.3 Å². The average molecular weight is 457 g/mol. The summed E-state index contributed by atoms with van der Waals surface area (Å²) >= 11 is 5.88. The summed E-state index contributed by atoms with van der Waals surface area (Å²) in [4.78, 5) is 45.5. The van der Waals surface area contributed by atoms with E-state index in [2.05, 4.69) is 4.98 Å². The maximum Gasteiger partial charge on any atom is 0.261 e. The number of hydrogen-bond acceptors (Lipinski definition) is 4. The summed E-state index contributed by atoms with van der Waals surface area (Å²) in [7, 11) is 0. The van der Waals surface area contributed by atoms with Crippen LogP contribution in [-0.4, -0.2) is 57.3 Å². The van der Waals surface area contributed by atoms with Crippen LogP contribution in [0.3, 0.4) is 0 Å². The van der Waals surface area contributed by atoms with Crippen LogP contribution in [0.15, 0.2) is 47.5 Å². The number of benzene rings is 2. The highest BCUT2D eigenvalue weighted by atomic mass is 35.5. The largest absolute Gasteiger partial charge is 0.339 e. The van der Waals surface area contributed by atoms with Crippen molar-refractivity contribution in [1.29, 1.82) is 0 Å². The number of rotatable bonds is 4. The molecule has 0 saturated carbocycles. The van der Waals surface area contributed by atoms with Crippen LogP contribution in [0.4, 0.5) is 4.39 Å². The topological polar surface area (TPSA) is 75.5 Å². The normalized spacial score (nSPS) is 14.1. The van der Waals surface area contributed by atoms with Crippen molar-refractivity contribution in [2.24, 2.45) is 0 Å². The van der Waals surface area contributed by atoms with Gasteiger partial charge >= 0.3 is 0 Å². The third-order valence-corrected chi connectivity index (χ3v) is 5.94. The van der Waals surface area contributed by atoms with E-state index in [0.717, 1.165) is 5.56 Å². The predicted octanol–water partition coefficient (Wildman–Crippen LogP) is 2.87. The number of carbonyl (C=O) groups excluding carboxylic acids is 2. The number of aryl methyl sites for hydroxylation is 2. The number of amides is 2. The molecular formula is C23H22ClFN4O3. The molecule has 3 aromatic rings. The van der Waals surface area contributed by atoms with E-state index >= 15 is 0 Å². The van der Waals surface area contributed by atoms with Crippen LogP contribution in [0.2, 0.25) is 5.02 Å². The average Bonchev–Trinajstić information content (AvgIpc) is 2.80. The zero-order valence-corrected chi connectivity index (χ0v) is 18.3. The molecule has 2 heterocycles. The van der Waals surface area contributed by atoms with Crippen LogP contribution >= 0.6 is 11.6 Å². The second kappa shape index (κ2) is 9.08. The second-order valence-corrected chi connectivity index (χ2v) is 8.20. The smallest absolute Gasteiger partial charge is 0.261 e. The van der Waals surface area contributed by atoms with Gasteiger partial charge in [-0.1, -0.05) is 23.7 Å². The molecule has 32 heavy (non-hydrogen) atoms. The lowest BCUT2D eigenvalue weighted by molar-refractivity contribution is -0.132. The summed E-state index contributed by atoms with van der Waals surface area (Å²) in [6, 6.07) is 9.31. The van der Waals surface area contributed by atoms with Crippen LogP contribution in [0, 0.1) is 12.7 Å². The third kappa shape index (κ3) is 4.36. The van der Waals surface area contributed by atoms with Crippen LogP contribution in [0.5, 0.6) is 0 Å². The quantitative estimate of drug-likeness (QED) is 0.605. The fraction of sp³-hybridized carbons (Fsp3) is 0.304. The van der Waals surface area contributed by atoms with Crippen molar-refractivity contribution >= 4 is 34.3 Å². The Bertz CT molecular complexity index is 1250. The second-order valence-electron chi connectivity index (χ2n) is 7.76. The lowest BCUT2D eigenvalue weighted by Gasteiger charge is -2.35. The van der Waals surface area contributed by atoms with E-state index in [9.17, 15) is 18.8 Å². The zero-order chi connectivity index (χ0) is 22.8. The Balaban J connectivity index is 1.36. The summed E-state index contributed by atoms with van der Waals surface area (Å²) in [6.45, 7) is 3.41. The molecule has 9 heteroatoms. The van der Waals surface area contributed by atoms with Crippen LogP contribution in [0.25, 0.3) is 10.9 Å². The van der Waals surface area contributed by atoms with E-state index < -0.39 is 11.7 Å². The van der Waals surface area contributed by atoms with Gasteiger partial charge in [0.1, 0.15) is 5.82 Å². The number of carbonyl (C=O) groups is 2. The molecule has 7 nitrogen and oxygen atoms in total. The first kappa shape index (κ1) is 22.0. The fourth-order valence-electron chi connectivity index (χ4n) is 3.86. The molecule has 0 radical (unpaired) electrons. The van der Waals surface area contributed by atoms with E-state index in [1.54, 1.807) is 11.0 Å². The first-order valence-electron chi connectivity index (χ1n) is 10.3. The van der Waals surface area contributed by atoms with Gasteiger partial charge in [-0.25, -0.2) is 9.37 Å². The summed E-state index contributed by atoms with van der Waals surface area (Å²) in [5, 5.41) is 0.817. The highest BCUT2D eigenvalue weighted by Crippen LogP contribution is 2.18. The number of fused-ring (bicyclic) bond motifs is 1. The SMILES string of the molecule is Cc1cccc2c(=O)n(CCC(=O)N3CCN(C(=O)c4cc(Cl)ccc4F)CC3)cnc12. The zero-order valence-electron chi connectivity index (χ0n) is 17.6. The Morgan fingerprint density at radius 1 is 1.09 bits per heavy atom. The Hall–Kier alpha value is -3.26. The number of para-hydroxylation sites is 1. The third-order valence-electron chi connectivity index (χ3n) is 5.70. The molecule has 2 amide bonds. The molecule has 1 saturated heterocycles. The molecule has 1 aromatic heterocycles. The van der Waals surface area contributed by atoms with Gasteiger partial charge in [-0.05, 0) is 36.8 Å². The van der Waals surface area contributed by atoms with E-state index in [-0.39, 0.29) is 35.0 Å². The van der Waals surface area contributed by atoms with Gasteiger partial charge in [-0.2, -0.15) is 0 Å². The minimum Gasteiger partial charge on any atom is -0.339 e. The summed E-state index contributed by atoms with van der Waals surface area (Å²) in [5.41, 5.74) is 1.34. The first-order chi connectivity index (χ1) is 15.3. The Labute approximate surface area is 189 Å². The van der Waals surface area contributed by atoms with Gasteiger partial charge in [-0.15, -0.1) is 0 Å². The van der Waals surface area contributed by atoms with Crippen molar-refractivity contribution in [2.75, 3.05) is 26.2 Å². The molecule has 0 unspecified atom stereocenters. The summed E-state index contributed by atoms with van der Waals surface area (Å²) in [5.74, 6) is -1.18. The van der Waals surface area contributed by atoms with Gasteiger partial charge in [0.25, 0.3) is 11.5 Å². The Morgan fingerprint density at radius 3 is 2.56 bits per heavy atom. The Morgan fingerprint density at radius 2 is 1.81 bits per heavy atom. The van der Waals surface area contributed by atoms with Crippen molar-refractivity contribution in [3.8, 4) is 0 Å². The minimum absolute atomic E-state index is 0.0734. The standard InChI is InChI=1S/C23H22ClFN4O3/c1-15-3-2-4-17-21(15)26-14-29(22(17)31)8-7-20(30)27-9-11-28(12-10-27)23(32)18-13-16(24)5-6-19(18)25/h2-6,13-14H,7-12H2,1H3. The number of nitrogens with zero attached hydrogens (tertiary/aromatic N) is 4. The molecule has 0 spiro atoms. The van der Waals surface area contributed by atoms with Crippen molar-refractivity contribution in [1.82, 2.24) is 19.4 Å². The van der Waals surface area contributed by atoms with Gasteiger partial charge in [0, 0.05) is 44.2 Å². The molecule has 0 aliphatic carbocycles.